The average Bonchev–Trinajstić information content (AvgIpc) is 3.22. The Balaban J connectivity index is 1.58. The molecule has 1 aliphatic rings. The van der Waals surface area contributed by atoms with Crippen molar-refractivity contribution in [3.63, 3.8) is 0 Å². The smallest absolute Gasteiger partial charge is 0.181 e. The second-order valence-corrected chi connectivity index (χ2v) is 7.42. The third kappa shape index (κ3) is 3.07. The van der Waals surface area contributed by atoms with E-state index < -0.39 is 11.7 Å². The van der Waals surface area contributed by atoms with Crippen molar-refractivity contribution in [2.45, 2.75) is 18.8 Å². The predicted molar refractivity (Wildman–Crippen MR) is 112 cm³/mol. The van der Waals surface area contributed by atoms with E-state index in [0.717, 1.165) is 11.1 Å². The van der Waals surface area contributed by atoms with E-state index in [4.69, 9.17) is 11.6 Å². The highest BCUT2D eigenvalue weighted by molar-refractivity contribution is 6.33. The monoisotopic (exact) mass is 419 g/mol. The van der Waals surface area contributed by atoms with Gasteiger partial charge in [0.1, 0.15) is 12.1 Å². The Morgan fingerprint density at radius 2 is 1.93 bits per heavy atom. The highest BCUT2D eigenvalue weighted by Crippen LogP contribution is 2.38. The number of carbonyl (C=O) groups excluding carboxylic acids is 1. The van der Waals surface area contributed by atoms with E-state index in [1.165, 1.54) is 12.4 Å². The summed E-state index contributed by atoms with van der Waals surface area (Å²) in [7, 11) is 0. The molecule has 8 heteroatoms. The summed E-state index contributed by atoms with van der Waals surface area (Å²) in [5, 5.41) is 8.10. The largest absolute Gasteiger partial charge is 0.293 e. The number of aromatic nitrogens is 4. The molecule has 5 rings (SSSR count). The molecule has 0 saturated heterocycles. The summed E-state index contributed by atoms with van der Waals surface area (Å²) in [4.78, 5) is 26.5. The first kappa shape index (κ1) is 18.6. The van der Waals surface area contributed by atoms with E-state index in [2.05, 4.69) is 25.2 Å². The van der Waals surface area contributed by atoms with Crippen molar-refractivity contribution in [3.8, 4) is 0 Å². The van der Waals surface area contributed by atoms with Gasteiger partial charge >= 0.3 is 0 Å². The zero-order valence-electron chi connectivity index (χ0n) is 15.6. The fraction of sp³-hybridized carbons (Fsp3) is 0.136. The number of rotatable bonds is 4. The van der Waals surface area contributed by atoms with Crippen molar-refractivity contribution in [1.29, 1.82) is 0 Å². The molecule has 0 amide bonds. The molecule has 1 unspecified atom stereocenters. The Labute approximate surface area is 175 Å². The number of ketones is 1. The number of aliphatic imine (C=N–C) groups is 1. The van der Waals surface area contributed by atoms with Gasteiger partial charge in [-0.25, -0.2) is 14.4 Å². The fourth-order valence-electron chi connectivity index (χ4n) is 3.86. The molecule has 0 fully saturated rings. The van der Waals surface area contributed by atoms with Crippen molar-refractivity contribution in [2.75, 3.05) is 0 Å². The number of nitrogens with zero attached hydrogens (tertiary/aromatic N) is 4. The van der Waals surface area contributed by atoms with E-state index in [1.54, 1.807) is 36.5 Å². The molecule has 1 atom stereocenters. The molecule has 6 nitrogen and oxygen atoms in total. The van der Waals surface area contributed by atoms with Gasteiger partial charge in [0.15, 0.2) is 11.4 Å². The quantitative estimate of drug-likeness (QED) is 0.513. The van der Waals surface area contributed by atoms with E-state index in [9.17, 15) is 9.18 Å². The van der Waals surface area contributed by atoms with Gasteiger partial charge < -0.3 is 0 Å². The van der Waals surface area contributed by atoms with Gasteiger partial charge in [-0.05, 0) is 36.6 Å². The van der Waals surface area contributed by atoms with E-state index in [-0.39, 0.29) is 11.3 Å². The van der Waals surface area contributed by atoms with Gasteiger partial charge in [0.25, 0.3) is 0 Å². The summed E-state index contributed by atoms with van der Waals surface area (Å²) in [6.45, 7) is 0. The molecule has 0 spiro atoms. The molecule has 148 valence electrons. The molecular weight excluding hydrogens is 405 g/mol. The number of aromatic amines is 1. The molecular formula is C22H15ClFN5O. The number of aryl methyl sites for hydroxylation is 1. The van der Waals surface area contributed by atoms with Gasteiger partial charge in [0.05, 0.1) is 34.4 Å². The number of benzene rings is 2. The first-order valence-corrected chi connectivity index (χ1v) is 9.79. The first-order valence-electron chi connectivity index (χ1n) is 9.41. The zero-order valence-corrected chi connectivity index (χ0v) is 16.4. The van der Waals surface area contributed by atoms with Crippen LogP contribution in [0.1, 0.15) is 34.0 Å². The van der Waals surface area contributed by atoms with Crippen LogP contribution in [0.15, 0.2) is 60.0 Å². The SMILES string of the molecule is O=C1c2c(F)cccc2N=C(CCc2ncnc3[nH]ncc23)C1c1ccccc1Cl. The van der Waals surface area contributed by atoms with Crippen LogP contribution in [0.4, 0.5) is 10.1 Å². The normalized spacial score (nSPS) is 15.9. The molecule has 2 aromatic carbocycles. The maximum absolute atomic E-state index is 14.5. The van der Waals surface area contributed by atoms with E-state index >= 15 is 0 Å². The first-order chi connectivity index (χ1) is 14.6. The van der Waals surface area contributed by atoms with Crippen LogP contribution in [0.5, 0.6) is 0 Å². The molecule has 0 radical (unpaired) electrons. The van der Waals surface area contributed by atoms with Gasteiger partial charge in [-0.1, -0.05) is 35.9 Å². The minimum Gasteiger partial charge on any atom is -0.293 e. The lowest BCUT2D eigenvalue weighted by atomic mass is 9.82. The number of nitrogens with one attached hydrogen (secondary N) is 1. The topological polar surface area (TPSA) is 83.9 Å². The summed E-state index contributed by atoms with van der Waals surface area (Å²) < 4.78 is 14.5. The Bertz CT molecular complexity index is 1320. The van der Waals surface area contributed by atoms with Crippen LogP contribution in [-0.4, -0.2) is 31.7 Å². The summed E-state index contributed by atoms with van der Waals surface area (Å²) in [6.07, 6.45) is 4.12. The minimum absolute atomic E-state index is 0.00503. The average molecular weight is 420 g/mol. The predicted octanol–water partition coefficient (Wildman–Crippen LogP) is 4.83. The maximum Gasteiger partial charge on any atom is 0.181 e. The van der Waals surface area contributed by atoms with Crippen molar-refractivity contribution < 1.29 is 9.18 Å². The molecule has 3 heterocycles. The molecule has 4 aromatic rings. The highest BCUT2D eigenvalue weighted by atomic mass is 35.5. The Morgan fingerprint density at radius 1 is 1.07 bits per heavy atom. The lowest BCUT2D eigenvalue weighted by Crippen LogP contribution is -2.27. The molecule has 2 aromatic heterocycles. The Hall–Kier alpha value is -3.45. The fourth-order valence-corrected chi connectivity index (χ4v) is 4.10. The van der Waals surface area contributed by atoms with Crippen LogP contribution in [0.25, 0.3) is 11.0 Å². The van der Waals surface area contributed by atoms with Crippen molar-refractivity contribution in [2.24, 2.45) is 4.99 Å². The van der Waals surface area contributed by atoms with Crippen molar-refractivity contribution in [1.82, 2.24) is 20.2 Å². The van der Waals surface area contributed by atoms with Gasteiger partial charge in [-0.2, -0.15) is 5.10 Å². The molecule has 30 heavy (non-hydrogen) atoms. The van der Waals surface area contributed by atoms with Crippen LogP contribution in [0.3, 0.4) is 0 Å². The number of carbonyl (C=O) groups is 1. The van der Waals surface area contributed by atoms with Gasteiger partial charge in [-0.15, -0.1) is 0 Å². The van der Waals surface area contributed by atoms with Crippen LogP contribution in [0, 0.1) is 5.82 Å². The lowest BCUT2D eigenvalue weighted by molar-refractivity contribution is 0.0977. The summed E-state index contributed by atoms with van der Waals surface area (Å²) in [6, 6.07) is 11.6. The lowest BCUT2D eigenvalue weighted by Gasteiger charge is -2.25. The standard InChI is InChI=1S/C22H15ClFN5O/c23-14-5-2-1-4-12(14)19-18(28-17-7-3-6-15(24)20(17)21(19)30)9-8-16-13-10-27-29-22(13)26-11-25-16/h1-7,10-11,19H,8-9H2,(H,25,26,27,29). The molecule has 1 N–H and O–H groups in total. The summed E-state index contributed by atoms with van der Waals surface area (Å²) in [5.41, 5.74) is 3.04. The third-order valence-electron chi connectivity index (χ3n) is 5.26. The van der Waals surface area contributed by atoms with E-state index in [1.807, 2.05) is 6.07 Å². The minimum atomic E-state index is -0.746. The summed E-state index contributed by atoms with van der Waals surface area (Å²) >= 11 is 6.40. The molecule has 1 aliphatic heterocycles. The Kier molecular flexibility index (Phi) is 4.59. The Morgan fingerprint density at radius 3 is 2.80 bits per heavy atom. The molecule has 0 aliphatic carbocycles. The van der Waals surface area contributed by atoms with Gasteiger partial charge in [0, 0.05) is 10.7 Å². The number of fused-ring (bicyclic) bond motifs is 2. The van der Waals surface area contributed by atoms with Crippen molar-refractivity contribution in [3.05, 3.63) is 82.6 Å². The van der Waals surface area contributed by atoms with Gasteiger partial charge in [-0.3, -0.25) is 14.9 Å². The zero-order chi connectivity index (χ0) is 20.7. The second kappa shape index (κ2) is 7.42. The third-order valence-corrected chi connectivity index (χ3v) is 5.61. The number of hydrogen-bond acceptors (Lipinski definition) is 5. The van der Waals surface area contributed by atoms with Crippen LogP contribution >= 0.6 is 11.6 Å². The number of H-pyrrole nitrogens is 1. The van der Waals surface area contributed by atoms with Crippen LogP contribution < -0.4 is 0 Å². The van der Waals surface area contributed by atoms with Crippen molar-refractivity contribution >= 4 is 39.8 Å². The number of halogens is 2. The number of Topliss-reactive ketones (excluding diaryl/α,β-unsaturated/α-hetero) is 1. The second-order valence-electron chi connectivity index (χ2n) is 7.01. The van der Waals surface area contributed by atoms with E-state index in [0.29, 0.717) is 40.5 Å². The maximum atomic E-state index is 14.5. The van der Waals surface area contributed by atoms with Crippen LogP contribution in [-0.2, 0) is 6.42 Å². The molecule has 0 saturated carbocycles. The summed E-state index contributed by atoms with van der Waals surface area (Å²) in [5.74, 6) is -1.66. The van der Waals surface area contributed by atoms with Gasteiger partial charge in [0.2, 0.25) is 0 Å². The van der Waals surface area contributed by atoms with Crippen LogP contribution in [0.2, 0.25) is 5.02 Å². The number of hydrogen-bond donors (Lipinski definition) is 1. The molecule has 0 bridgehead atoms. The highest BCUT2D eigenvalue weighted by Gasteiger charge is 2.35.